The lowest BCUT2D eigenvalue weighted by atomic mass is 10.1. The van der Waals surface area contributed by atoms with Gasteiger partial charge in [-0.05, 0) is 25.7 Å². The summed E-state index contributed by atoms with van der Waals surface area (Å²) < 4.78 is 0. The van der Waals surface area contributed by atoms with E-state index in [1.807, 2.05) is 0 Å². The number of hydrogen-bond donors (Lipinski definition) is 2. The molecule has 0 aromatic rings. The second-order valence-electron chi connectivity index (χ2n) is 3.81. The van der Waals surface area contributed by atoms with Gasteiger partial charge in [-0.2, -0.15) is 0 Å². The van der Waals surface area contributed by atoms with Gasteiger partial charge in [-0.25, -0.2) is 0 Å². The minimum atomic E-state index is -0.00464. The van der Waals surface area contributed by atoms with E-state index in [1.165, 1.54) is 25.7 Å². The van der Waals surface area contributed by atoms with Gasteiger partial charge in [-0.3, -0.25) is 0 Å². The average Bonchev–Trinajstić information content (AvgIpc) is 2.21. The lowest BCUT2D eigenvalue weighted by molar-refractivity contribution is 0.257. The van der Waals surface area contributed by atoms with E-state index in [-0.39, 0.29) is 12.6 Å². The van der Waals surface area contributed by atoms with Crippen LogP contribution in [0.15, 0.2) is 12.2 Å². The molecular formula is C12H25NO. The average molecular weight is 199 g/mol. The maximum atomic E-state index is 8.70. The fourth-order valence-corrected chi connectivity index (χ4v) is 1.40. The van der Waals surface area contributed by atoms with E-state index in [1.54, 1.807) is 0 Å². The Labute approximate surface area is 88.2 Å². The molecule has 0 aromatic heterocycles. The largest absolute Gasteiger partial charge is 0.395 e. The van der Waals surface area contributed by atoms with Crippen molar-refractivity contribution in [3.63, 3.8) is 0 Å². The Kier molecular flexibility index (Phi) is 10.5. The van der Waals surface area contributed by atoms with Gasteiger partial charge in [0.1, 0.15) is 0 Å². The number of hydrogen-bond acceptors (Lipinski definition) is 2. The molecule has 0 spiro atoms. The fourth-order valence-electron chi connectivity index (χ4n) is 1.40. The molecule has 1 atom stereocenters. The van der Waals surface area contributed by atoms with E-state index in [9.17, 15) is 0 Å². The highest BCUT2D eigenvalue weighted by molar-refractivity contribution is 4.79. The second kappa shape index (κ2) is 10.7. The zero-order chi connectivity index (χ0) is 10.6. The summed E-state index contributed by atoms with van der Waals surface area (Å²) in [4.78, 5) is 0. The third-order valence-corrected chi connectivity index (χ3v) is 2.33. The SMILES string of the molecule is CC/C=C\CCCCCCC(N)CO. The molecule has 0 amide bonds. The smallest absolute Gasteiger partial charge is 0.0582 e. The Morgan fingerprint density at radius 3 is 2.50 bits per heavy atom. The molecular weight excluding hydrogens is 174 g/mol. The first kappa shape index (κ1) is 13.7. The Bertz CT molecular complexity index is 134. The van der Waals surface area contributed by atoms with E-state index in [2.05, 4.69) is 19.1 Å². The summed E-state index contributed by atoms with van der Waals surface area (Å²) in [5.41, 5.74) is 5.59. The number of allylic oxidation sites excluding steroid dienone is 2. The summed E-state index contributed by atoms with van der Waals surface area (Å²) in [7, 11) is 0. The van der Waals surface area contributed by atoms with Crippen LogP contribution in [0.1, 0.15) is 51.9 Å². The summed E-state index contributed by atoms with van der Waals surface area (Å²) in [6.07, 6.45) is 12.8. The standard InChI is InChI=1S/C12H25NO/c1-2-3-4-5-6-7-8-9-10-12(13)11-14/h3-4,12,14H,2,5-11,13H2,1H3/b4-3-. The van der Waals surface area contributed by atoms with Gasteiger partial charge < -0.3 is 10.8 Å². The third kappa shape index (κ3) is 9.75. The van der Waals surface area contributed by atoms with Crippen LogP contribution >= 0.6 is 0 Å². The first-order valence-electron chi connectivity index (χ1n) is 5.82. The molecule has 2 nitrogen and oxygen atoms in total. The summed E-state index contributed by atoms with van der Waals surface area (Å²) >= 11 is 0. The zero-order valence-corrected chi connectivity index (χ0v) is 9.41. The van der Waals surface area contributed by atoms with Crippen LogP contribution in [0.3, 0.4) is 0 Å². The maximum Gasteiger partial charge on any atom is 0.0582 e. The first-order valence-corrected chi connectivity index (χ1v) is 5.82. The Hall–Kier alpha value is -0.340. The van der Waals surface area contributed by atoms with Crippen LogP contribution in [-0.4, -0.2) is 17.8 Å². The molecule has 0 fully saturated rings. The highest BCUT2D eigenvalue weighted by atomic mass is 16.3. The summed E-state index contributed by atoms with van der Waals surface area (Å²) in [6, 6.07) is -0.00464. The van der Waals surface area contributed by atoms with Gasteiger partial charge >= 0.3 is 0 Å². The van der Waals surface area contributed by atoms with Crippen molar-refractivity contribution in [2.75, 3.05) is 6.61 Å². The van der Waals surface area contributed by atoms with Gasteiger partial charge in [0, 0.05) is 6.04 Å². The second-order valence-corrected chi connectivity index (χ2v) is 3.81. The van der Waals surface area contributed by atoms with Gasteiger partial charge in [0.05, 0.1) is 6.61 Å². The fraction of sp³-hybridized carbons (Fsp3) is 0.833. The molecule has 0 aromatic carbocycles. The minimum absolute atomic E-state index is 0.00464. The van der Waals surface area contributed by atoms with Gasteiger partial charge in [0.2, 0.25) is 0 Å². The van der Waals surface area contributed by atoms with Crippen LogP contribution in [0.25, 0.3) is 0 Å². The zero-order valence-electron chi connectivity index (χ0n) is 9.41. The molecule has 3 N–H and O–H groups in total. The van der Waals surface area contributed by atoms with Gasteiger partial charge in [-0.15, -0.1) is 0 Å². The van der Waals surface area contributed by atoms with Crippen LogP contribution in [0.4, 0.5) is 0 Å². The minimum Gasteiger partial charge on any atom is -0.395 e. The molecule has 0 rings (SSSR count). The van der Waals surface area contributed by atoms with E-state index in [0.717, 1.165) is 19.3 Å². The highest BCUT2D eigenvalue weighted by Gasteiger charge is 1.98. The van der Waals surface area contributed by atoms with Gasteiger partial charge in [0.15, 0.2) is 0 Å². The van der Waals surface area contributed by atoms with Crippen molar-refractivity contribution in [3.05, 3.63) is 12.2 Å². The van der Waals surface area contributed by atoms with Gasteiger partial charge in [0.25, 0.3) is 0 Å². The Balaban J connectivity index is 3.02. The number of rotatable bonds is 9. The maximum absolute atomic E-state index is 8.70. The molecule has 2 heteroatoms. The summed E-state index contributed by atoms with van der Waals surface area (Å²) in [6.45, 7) is 2.28. The summed E-state index contributed by atoms with van der Waals surface area (Å²) in [5.74, 6) is 0. The number of aliphatic hydroxyl groups excluding tert-OH is 1. The molecule has 14 heavy (non-hydrogen) atoms. The lowest BCUT2D eigenvalue weighted by Crippen LogP contribution is -2.23. The van der Waals surface area contributed by atoms with Crippen molar-refractivity contribution < 1.29 is 5.11 Å². The van der Waals surface area contributed by atoms with Crippen molar-refractivity contribution in [3.8, 4) is 0 Å². The van der Waals surface area contributed by atoms with Crippen molar-refractivity contribution in [2.24, 2.45) is 5.73 Å². The highest BCUT2D eigenvalue weighted by Crippen LogP contribution is 2.07. The molecule has 84 valence electrons. The monoisotopic (exact) mass is 199 g/mol. The molecule has 0 bridgehead atoms. The van der Waals surface area contributed by atoms with Crippen molar-refractivity contribution in [2.45, 2.75) is 57.9 Å². The first-order chi connectivity index (χ1) is 6.81. The molecule has 0 aliphatic carbocycles. The van der Waals surface area contributed by atoms with Crippen molar-refractivity contribution in [1.82, 2.24) is 0 Å². The quantitative estimate of drug-likeness (QED) is 0.443. The predicted octanol–water partition coefficient (Wildman–Crippen LogP) is 2.61. The number of aliphatic hydroxyl groups is 1. The normalized spacial score (nSPS) is 13.6. The number of unbranched alkanes of at least 4 members (excludes halogenated alkanes) is 4. The molecule has 0 aliphatic heterocycles. The lowest BCUT2D eigenvalue weighted by Gasteiger charge is -2.06. The van der Waals surface area contributed by atoms with Crippen LogP contribution in [0.5, 0.6) is 0 Å². The van der Waals surface area contributed by atoms with E-state index in [0.29, 0.717) is 0 Å². The Morgan fingerprint density at radius 2 is 1.86 bits per heavy atom. The number of nitrogens with two attached hydrogens (primary N) is 1. The predicted molar refractivity (Wildman–Crippen MR) is 62.2 cm³/mol. The van der Waals surface area contributed by atoms with E-state index in [4.69, 9.17) is 10.8 Å². The van der Waals surface area contributed by atoms with Crippen LogP contribution in [0.2, 0.25) is 0 Å². The third-order valence-electron chi connectivity index (χ3n) is 2.33. The molecule has 0 saturated carbocycles. The van der Waals surface area contributed by atoms with Crippen LogP contribution in [0, 0.1) is 0 Å². The molecule has 0 heterocycles. The van der Waals surface area contributed by atoms with Gasteiger partial charge in [-0.1, -0.05) is 38.3 Å². The molecule has 0 aliphatic rings. The van der Waals surface area contributed by atoms with Crippen molar-refractivity contribution in [1.29, 1.82) is 0 Å². The van der Waals surface area contributed by atoms with Crippen molar-refractivity contribution >= 4 is 0 Å². The molecule has 0 saturated heterocycles. The molecule has 1 unspecified atom stereocenters. The summed E-state index contributed by atoms with van der Waals surface area (Å²) in [5, 5.41) is 8.70. The Morgan fingerprint density at radius 1 is 1.14 bits per heavy atom. The van der Waals surface area contributed by atoms with Crippen LogP contribution < -0.4 is 5.73 Å². The van der Waals surface area contributed by atoms with E-state index < -0.39 is 0 Å². The van der Waals surface area contributed by atoms with E-state index >= 15 is 0 Å². The topological polar surface area (TPSA) is 46.2 Å². The van der Waals surface area contributed by atoms with Crippen LogP contribution in [-0.2, 0) is 0 Å². The molecule has 0 radical (unpaired) electrons.